The molecule has 0 spiro atoms. The summed E-state index contributed by atoms with van der Waals surface area (Å²) in [7, 11) is 0. The van der Waals surface area contributed by atoms with E-state index < -0.39 is 0 Å². The van der Waals surface area contributed by atoms with Crippen molar-refractivity contribution in [2.45, 2.75) is 13.0 Å². The van der Waals surface area contributed by atoms with Gasteiger partial charge >= 0.3 is 4.87 Å². The molecule has 1 aromatic heterocycles. The lowest BCUT2D eigenvalue weighted by Gasteiger charge is -1.93. The first-order chi connectivity index (χ1) is 4.84. The van der Waals surface area contributed by atoms with E-state index in [2.05, 4.69) is 6.58 Å². The van der Waals surface area contributed by atoms with Crippen molar-refractivity contribution in [1.29, 1.82) is 0 Å². The van der Waals surface area contributed by atoms with E-state index in [0.717, 1.165) is 13.0 Å². The Morgan fingerprint density at radius 2 is 2.60 bits per heavy atom. The topological polar surface area (TPSA) is 22.0 Å². The second-order valence-corrected chi connectivity index (χ2v) is 2.80. The minimum atomic E-state index is 0.113. The molecule has 0 fully saturated rings. The zero-order valence-electron chi connectivity index (χ0n) is 5.62. The van der Waals surface area contributed by atoms with Crippen molar-refractivity contribution >= 4 is 11.3 Å². The van der Waals surface area contributed by atoms with Gasteiger partial charge < -0.3 is 4.57 Å². The third-order valence-corrected chi connectivity index (χ3v) is 1.91. The monoisotopic (exact) mass is 155 g/mol. The number of aromatic nitrogens is 1. The molecule has 0 saturated heterocycles. The Balaban J connectivity index is 2.65. The first-order valence-corrected chi connectivity index (χ1v) is 3.97. The smallest absolute Gasteiger partial charge is 0.306 e. The third-order valence-electron chi connectivity index (χ3n) is 1.22. The van der Waals surface area contributed by atoms with Crippen molar-refractivity contribution in [2.75, 3.05) is 0 Å². The highest BCUT2D eigenvalue weighted by Crippen LogP contribution is 1.91. The van der Waals surface area contributed by atoms with Crippen molar-refractivity contribution in [3.05, 3.63) is 33.9 Å². The molecule has 0 saturated carbocycles. The Bertz CT molecular complexity index is 261. The van der Waals surface area contributed by atoms with Crippen molar-refractivity contribution < 1.29 is 0 Å². The van der Waals surface area contributed by atoms with Gasteiger partial charge in [0.1, 0.15) is 0 Å². The maximum atomic E-state index is 10.9. The molecule has 0 radical (unpaired) electrons. The zero-order valence-corrected chi connectivity index (χ0v) is 6.43. The largest absolute Gasteiger partial charge is 0.307 e. The van der Waals surface area contributed by atoms with E-state index in [1.54, 1.807) is 16.1 Å². The van der Waals surface area contributed by atoms with Crippen molar-refractivity contribution in [1.82, 2.24) is 4.57 Å². The summed E-state index contributed by atoms with van der Waals surface area (Å²) >= 11 is 1.23. The number of hydrogen-bond acceptors (Lipinski definition) is 2. The van der Waals surface area contributed by atoms with E-state index in [4.69, 9.17) is 0 Å². The van der Waals surface area contributed by atoms with Crippen LogP contribution < -0.4 is 4.87 Å². The molecule has 1 heterocycles. The maximum absolute atomic E-state index is 10.9. The van der Waals surface area contributed by atoms with Gasteiger partial charge in [0, 0.05) is 18.1 Å². The summed E-state index contributed by atoms with van der Waals surface area (Å²) in [4.78, 5) is 11.0. The second kappa shape index (κ2) is 3.37. The standard InChI is InChI=1S/C7H9NOS/c1-2-3-4-8-5-6-10-7(8)9/h2,5-6H,1,3-4H2. The normalized spacial score (nSPS) is 9.60. The number of aryl methyl sites for hydroxylation is 1. The molecule has 54 valence electrons. The number of hydrogen-bond donors (Lipinski definition) is 0. The molecule has 0 N–H and O–H groups in total. The molecule has 0 aliphatic rings. The first-order valence-electron chi connectivity index (χ1n) is 3.09. The van der Waals surface area contributed by atoms with Crippen LogP contribution in [0.4, 0.5) is 0 Å². The van der Waals surface area contributed by atoms with Gasteiger partial charge in [-0.3, -0.25) is 4.79 Å². The summed E-state index contributed by atoms with van der Waals surface area (Å²) < 4.78 is 1.69. The average molecular weight is 155 g/mol. The van der Waals surface area contributed by atoms with Gasteiger partial charge in [0.15, 0.2) is 0 Å². The Morgan fingerprint density at radius 1 is 1.80 bits per heavy atom. The van der Waals surface area contributed by atoms with Crippen LogP contribution in [0.3, 0.4) is 0 Å². The fourth-order valence-corrected chi connectivity index (χ4v) is 1.30. The molecular formula is C7H9NOS. The van der Waals surface area contributed by atoms with Crippen LogP contribution in [0.1, 0.15) is 6.42 Å². The molecule has 0 aliphatic carbocycles. The zero-order chi connectivity index (χ0) is 7.40. The summed E-state index contributed by atoms with van der Waals surface area (Å²) in [6.07, 6.45) is 4.47. The predicted octanol–water partition coefficient (Wildman–Crippen LogP) is 1.49. The molecule has 2 nitrogen and oxygen atoms in total. The van der Waals surface area contributed by atoms with E-state index in [-0.39, 0.29) is 4.87 Å². The summed E-state index contributed by atoms with van der Waals surface area (Å²) in [5, 5.41) is 1.80. The molecule has 3 heteroatoms. The van der Waals surface area contributed by atoms with Crippen LogP contribution in [0.25, 0.3) is 0 Å². The Labute approximate surface area is 63.4 Å². The molecule has 0 unspecified atom stereocenters. The van der Waals surface area contributed by atoms with Gasteiger partial charge in [0.25, 0.3) is 0 Å². The van der Waals surface area contributed by atoms with Gasteiger partial charge in [0.2, 0.25) is 0 Å². The van der Waals surface area contributed by atoms with Crippen molar-refractivity contribution in [2.24, 2.45) is 0 Å². The predicted molar refractivity (Wildman–Crippen MR) is 43.4 cm³/mol. The molecule has 0 aromatic carbocycles. The van der Waals surface area contributed by atoms with Gasteiger partial charge in [-0.05, 0) is 6.42 Å². The minimum Gasteiger partial charge on any atom is -0.306 e. The minimum absolute atomic E-state index is 0.113. The molecule has 0 aliphatic heterocycles. The molecular weight excluding hydrogens is 146 g/mol. The highest BCUT2D eigenvalue weighted by Gasteiger charge is 1.91. The Kier molecular flexibility index (Phi) is 2.45. The Hall–Kier alpha value is -0.830. The van der Waals surface area contributed by atoms with E-state index >= 15 is 0 Å². The van der Waals surface area contributed by atoms with Gasteiger partial charge in [0.05, 0.1) is 0 Å². The Morgan fingerprint density at radius 3 is 3.10 bits per heavy atom. The van der Waals surface area contributed by atoms with Crippen molar-refractivity contribution in [3.63, 3.8) is 0 Å². The molecule has 1 rings (SSSR count). The van der Waals surface area contributed by atoms with E-state index in [9.17, 15) is 4.79 Å². The van der Waals surface area contributed by atoms with E-state index in [0.29, 0.717) is 0 Å². The number of rotatable bonds is 3. The van der Waals surface area contributed by atoms with Gasteiger partial charge in [-0.15, -0.1) is 6.58 Å². The van der Waals surface area contributed by atoms with Crippen molar-refractivity contribution in [3.8, 4) is 0 Å². The maximum Gasteiger partial charge on any atom is 0.307 e. The van der Waals surface area contributed by atoms with E-state index in [1.807, 2.05) is 6.08 Å². The van der Waals surface area contributed by atoms with Gasteiger partial charge in [-0.1, -0.05) is 17.4 Å². The summed E-state index contributed by atoms with van der Waals surface area (Å²) in [5.41, 5.74) is 0. The molecule has 1 aromatic rings. The number of allylic oxidation sites excluding steroid dienone is 1. The average Bonchev–Trinajstić information content (AvgIpc) is 2.31. The lowest BCUT2D eigenvalue weighted by Crippen LogP contribution is -2.10. The van der Waals surface area contributed by atoms with Gasteiger partial charge in [-0.25, -0.2) is 0 Å². The van der Waals surface area contributed by atoms with Gasteiger partial charge in [-0.2, -0.15) is 0 Å². The molecule has 0 bridgehead atoms. The third kappa shape index (κ3) is 1.57. The summed E-state index contributed by atoms with van der Waals surface area (Å²) in [6, 6.07) is 0. The van der Waals surface area contributed by atoms with E-state index in [1.165, 1.54) is 11.3 Å². The lowest BCUT2D eigenvalue weighted by atomic mass is 10.4. The summed E-state index contributed by atoms with van der Waals surface area (Å²) in [6.45, 7) is 4.33. The molecule has 0 atom stereocenters. The quantitative estimate of drug-likeness (QED) is 0.606. The van der Waals surface area contributed by atoms with Crippen LogP contribution in [-0.2, 0) is 6.54 Å². The first kappa shape index (κ1) is 7.28. The highest BCUT2D eigenvalue weighted by molar-refractivity contribution is 7.07. The summed E-state index contributed by atoms with van der Waals surface area (Å²) in [5.74, 6) is 0. The van der Waals surface area contributed by atoms with Crippen LogP contribution in [0.2, 0.25) is 0 Å². The SMILES string of the molecule is C=CCCn1ccsc1=O. The molecule has 10 heavy (non-hydrogen) atoms. The highest BCUT2D eigenvalue weighted by atomic mass is 32.1. The fraction of sp³-hybridized carbons (Fsp3) is 0.286. The van der Waals surface area contributed by atoms with Crippen LogP contribution >= 0.6 is 11.3 Å². The van der Waals surface area contributed by atoms with Crippen LogP contribution in [0, 0.1) is 0 Å². The number of thiazole rings is 1. The number of nitrogens with zero attached hydrogens (tertiary/aromatic N) is 1. The lowest BCUT2D eigenvalue weighted by molar-refractivity contribution is 0.699. The van der Waals surface area contributed by atoms with Crippen LogP contribution in [-0.4, -0.2) is 4.57 Å². The molecule has 0 amide bonds. The van der Waals surface area contributed by atoms with Crippen LogP contribution in [0.15, 0.2) is 29.0 Å². The second-order valence-electron chi connectivity index (χ2n) is 1.94. The fourth-order valence-electron chi connectivity index (χ4n) is 0.687. The van der Waals surface area contributed by atoms with Crippen LogP contribution in [0.5, 0.6) is 0 Å².